The Hall–Kier alpha value is -0.660. The van der Waals surface area contributed by atoms with E-state index < -0.39 is 11.7 Å². The molecule has 0 unspecified atom stereocenters. The van der Waals surface area contributed by atoms with Crippen LogP contribution < -0.4 is 11.5 Å². The molecule has 0 aliphatic carbocycles. The average molecular weight is 302 g/mol. The van der Waals surface area contributed by atoms with Crippen molar-refractivity contribution >= 4 is 34.0 Å². The molecule has 1 rings (SSSR count). The summed E-state index contributed by atoms with van der Waals surface area (Å²) in [6, 6.07) is 2.64. The summed E-state index contributed by atoms with van der Waals surface area (Å²) < 4.78 is 37.3. The lowest BCUT2D eigenvalue weighted by molar-refractivity contribution is -0.136. The summed E-state index contributed by atoms with van der Waals surface area (Å²) in [5.74, 6) is 0. The first-order valence-electron chi connectivity index (χ1n) is 3.24. The summed E-state index contributed by atoms with van der Waals surface area (Å²) in [5, 5.41) is 0. The molecule has 4 N–H and O–H groups in total. The van der Waals surface area contributed by atoms with E-state index in [9.17, 15) is 13.2 Å². The fourth-order valence-corrected chi connectivity index (χ4v) is 1.38. The first-order chi connectivity index (χ1) is 5.84. The Morgan fingerprint density at radius 1 is 1.15 bits per heavy atom. The smallest absolute Gasteiger partial charge is 0.398 e. The van der Waals surface area contributed by atoms with Crippen LogP contribution in [-0.2, 0) is 6.18 Å². The van der Waals surface area contributed by atoms with Crippen molar-refractivity contribution in [1.82, 2.24) is 0 Å². The number of alkyl halides is 3. The van der Waals surface area contributed by atoms with Crippen LogP contribution in [0.15, 0.2) is 12.1 Å². The van der Waals surface area contributed by atoms with Crippen molar-refractivity contribution in [2.45, 2.75) is 6.18 Å². The SMILES string of the molecule is Nc1ccc(I)c(N)c1C(F)(F)F. The van der Waals surface area contributed by atoms with Crippen LogP contribution in [0.25, 0.3) is 0 Å². The van der Waals surface area contributed by atoms with E-state index in [2.05, 4.69) is 0 Å². The average Bonchev–Trinajstić information content (AvgIpc) is 1.95. The summed E-state index contributed by atoms with van der Waals surface area (Å²) in [6.45, 7) is 0. The molecule has 2 nitrogen and oxygen atoms in total. The molecule has 6 heteroatoms. The summed E-state index contributed by atoms with van der Waals surface area (Å²) in [5.41, 5.74) is 8.84. The Labute approximate surface area is 86.2 Å². The number of hydrogen-bond acceptors (Lipinski definition) is 2. The molecule has 0 heterocycles. The van der Waals surface area contributed by atoms with E-state index in [0.29, 0.717) is 3.57 Å². The minimum Gasteiger partial charge on any atom is -0.398 e. The molecule has 1 aromatic rings. The van der Waals surface area contributed by atoms with Gasteiger partial charge >= 0.3 is 6.18 Å². The van der Waals surface area contributed by atoms with Gasteiger partial charge in [0.05, 0.1) is 5.69 Å². The summed E-state index contributed by atoms with van der Waals surface area (Å²) in [4.78, 5) is 0. The molecular weight excluding hydrogens is 296 g/mol. The summed E-state index contributed by atoms with van der Waals surface area (Å²) in [7, 11) is 0. The number of benzene rings is 1. The molecular formula is C7H6F3IN2. The maximum absolute atomic E-state index is 12.3. The standard InChI is InChI=1S/C7H6F3IN2/c8-7(9,10)5-4(12)2-1-3(11)6(5)13/h1-2H,12-13H2. The normalized spacial score (nSPS) is 11.7. The van der Waals surface area contributed by atoms with Gasteiger partial charge in [-0.15, -0.1) is 0 Å². The lowest BCUT2D eigenvalue weighted by Gasteiger charge is -2.13. The molecule has 0 amide bonds. The fraction of sp³-hybridized carbons (Fsp3) is 0.143. The van der Waals surface area contributed by atoms with E-state index in [1.165, 1.54) is 12.1 Å². The molecule has 0 aliphatic heterocycles. The zero-order valence-corrected chi connectivity index (χ0v) is 8.48. The number of halogens is 4. The number of hydrogen-bond donors (Lipinski definition) is 2. The van der Waals surface area contributed by atoms with Crippen molar-refractivity contribution in [3.05, 3.63) is 21.3 Å². The van der Waals surface area contributed by atoms with Crippen LogP contribution in [0.4, 0.5) is 24.5 Å². The lowest BCUT2D eigenvalue weighted by atomic mass is 10.1. The van der Waals surface area contributed by atoms with Gasteiger partial charge < -0.3 is 11.5 Å². The van der Waals surface area contributed by atoms with Gasteiger partial charge in [0.2, 0.25) is 0 Å². The monoisotopic (exact) mass is 302 g/mol. The van der Waals surface area contributed by atoms with Gasteiger partial charge in [0.1, 0.15) is 5.56 Å². The Morgan fingerprint density at radius 2 is 1.69 bits per heavy atom. The van der Waals surface area contributed by atoms with Crippen LogP contribution in [0, 0.1) is 3.57 Å². The third-order valence-electron chi connectivity index (χ3n) is 1.51. The molecule has 0 atom stereocenters. The zero-order valence-electron chi connectivity index (χ0n) is 6.32. The van der Waals surface area contributed by atoms with Gasteiger partial charge in [-0.2, -0.15) is 13.2 Å². The Kier molecular flexibility index (Phi) is 2.60. The number of nitrogens with two attached hydrogens (primary N) is 2. The summed E-state index contributed by atoms with van der Waals surface area (Å²) in [6.07, 6.45) is -4.49. The van der Waals surface area contributed by atoms with E-state index in [1.807, 2.05) is 0 Å². The van der Waals surface area contributed by atoms with Gasteiger partial charge in [-0.25, -0.2) is 0 Å². The van der Waals surface area contributed by atoms with Gasteiger partial charge in [0.25, 0.3) is 0 Å². The maximum Gasteiger partial charge on any atom is 0.420 e. The van der Waals surface area contributed by atoms with E-state index >= 15 is 0 Å². The molecule has 0 spiro atoms. The minimum absolute atomic E-state index is 0.312. The largest absolute Gasteiger partial charge is 0.420 e. The van der Waals surface area contributed by atoms with Crippen LogP contribution in [0.5, 0.6) is 0 Å². The van der Waals surface area contributed by atoms with Crippen molar-refractivity contribution in [3.8, 4) is 0 Å². The van der Waals surface area contributed by atoms with Gasteiger partial charge in [-0.05, 0) is 34.7 Å². The number of anilines is 2. The first kappa shape index (κ1) is 10.4. The summed E-state index contributed by atoms with van der Waals surface area (Å²) >= 11 is 1.73. The van der Waals surface area contributed by atoms with E-state index in [4.69, 9.17) is 11.5 Å². The van der Waals surface area contributed by atoms with Gasteiger partial charge in [-0.1, -0.05) is 0 Å². The second-order valence-corrected chi connectivity index (χ2v) is 3.59. The first-order valence-corrected chi connectivity index (χ1v) is 4.32. The number of rotatable bonds is 0. The lowest BCUT2D eigenvalue weighted by Crippen LogP contribution is -2.13. The van der Waals surface area contributed by atoms with E-state index in [-0.39, 0.29) is 11.4 Å². The molecule has 0 bridgehead atoms. The molecule has 0 fully saturated rings. The predicted molar refractivity (Wildman–Crippen MR) is 53.0 cm³/mol. The van der Waals surface area contributed by atoms with Crippen molar-refractivity contribution in [3.63, 3.8) is 0 Å². The van der Waals surface area contributed by atoms with Crippen molar-refractivity contribution in [1.29, 1.82) is 0 Å². The van der Waals surface area contributed by atoms with Crippen LogP contribution >= 0.6 is 22.6 Å². The van der Waals surface area contributed by atoms with Crippen LogP contribution in [0.1, 0.15) is 5.56 Å². The predicted octanol–water partition coefficient (Wildman–Crippen LogP) is 2.47. The highest BCUT2D eigenvalue weighted by molar-refractivity contribution is 14.1. The molecule has 0 saturated carbocycles. The van der Waals surface area contributed by atoms with E-state index in [0.717, 1.165) is 0 Å². The molecule has 0 aromatic heterocycles. The van der Waals surface area contributed by atoms with Crippen LogP contribution in [-0.4, -0.2) is 0 Å². The van der Waals surface area contributed by atoms with Crippen LogP contribution in [0.2, 0.25) is 0 Å². The third-order valence-corrected chi connectivity index (χ3v) is 2.45. The Morgan fingerprint density at radius 3 is 2.08 bits per heavy atom. The highest BCUT2D eigenvalue weighted by Gasteiger charge is 2.35. The molecule has 1 aromatic carbocycles. The number of nitrogen functional groups attached to an aromatic ring is 2. The topological polar surface area (TPSA) is 52.0 Å². The molecule has 0 aliphatic rings. The molecule has 0 radical (unpaired) electrons. The molecule has 0 saturated heterocycles. The highest BCUT2D eigenvalue weighted by Crippen LogP contribution is 2.39. The Bertz CT molecular complexity index is 335. The quantitative estimate of drug-likeness (QED) is 0.571. The molecule has 13 heavy (non-hydrogen) atoms. The second kappa shape index (κ2) is 3.24. The fourth-order valence-electron chi connectivity index (χ4n) is 0.927. The zero-order chi connectivity index (χ0) is 10.2. The van der Waals surface area contributed by atoms with Crippen LogP contribution in [0.3, 0.4) is 0 Å². The highest BCUT2D eigenvalue weighted by atomic mass is 127. The minimum atomic E-state index is -4.49. The van der Waals surface area contributed by atoms with Gasteiger partial charge in [-0.3, -0.25) is 0 Å². The third kappa shape index (κ3) is 1.98. The maximum atomic E-state index is 12.3. The van der Waals surface area contributed by atoms with Crippen molar-refractivity contribution < 1.29 is 13.2 Å². The van der Waals surface area contributed by atoms with E-state index in [1.54, 1.807) is 22.6 Å². The van der Waals surface area contributed by atoms with Crippen molar-refractivity contribution in [2.75, 3.05) is 11.5 Å². The molecule has 72 valence electrons. The van der Waals surface area contributed by atoms with Crippen molar-refractivity contribution in [2.24, 2.45) is 0 Å². The second-order valence-electron chi connectivity index (χ2n) is 2.42. The van der Waals surface area contributed by atoms with Gasteiger partial charge in [0, 0.05) is 9.26 Å². The Balaban J connectivity index is 3.43. The van der Waals surface area contributed by atoms with Gasteiger partial charge in [0.15, 0.2) is 0 Å².